The number of nitrogens with zero attached hydrogens (tertiary/aromatic N) is 2. The van der Waals surface area contributed by atoms with E-state index in [9.17, 15) is 22.8 Å². The Morgan fingerprint density at radius 1 is 1.42 bits per heavy atom. The van der Waals surface area contributed by atoms with E-state index in [0.717, 1.165) is 12.8 Å². The highest BCUT2D eigenvalue weighted by molar-refractivity contribution is 5.80. The molecule has 5 nitrogen and oxygen atoms in total. The van der Waals surface area contributed by atoms with Crippen molar-refractivity contribution in [3.8, 4) is 0 Å². The summed E-state index contributed by atoms with van der Waals surface area (Å²) in [4.78, 5) is 24.3. The van der Waals surface area contributed by atoms with Crippen LogP contribution in [0, 0.1) is 0 Å². The van der Waals surface area contributed by atoms with Crippen molar-refractivity contribution in [2.45, 2.75) is 38.4 Å². The fourth-order valence-corrected chi connectivity index (χ4v) is 2.26. The van der Waals surface area contributed by atoms with Crippen LogP contribution in [0.5, 0.6) is 0 Å². The largest absolute Gasteiger partial charge is 0.480 e. The zero-order valence-electron chi connectivity index (χ0n) is 10.6. The summed E-state index contributed by atoms with van der Waals surface area (Å²) in [5.41, 5.74) is 0. The van der Waals surface area contributed by atoms with Gasteiger partial charge in [-0.2, -0.15) is 13.2 Å². The molecule has 1 aliphatic rings. The molecule has 19 heavy (non-hydrogen) atoms. The van der Waals surface area contributed by atoms with Crippen molar-refractivity contribution in [1.82, 2.24) is 9.80 Å². The zero-order chi connectivity index (χ0) is 14.6. The number of carbonyl (C=O) groups is 2. The molecule has 0 spiro atoms. The van der Waals surface area contributed by atoms with Gasteiger partial charge in [-0.05, 0) is 19.3 Å². The van der Waals surface area contributed by atoms with Crippen LogP contribution in [0.4, 0.5) is 18.0 Å². The molecule has 110 valence electrons. The number of likely N-dealkylation sites (tertiary alicyclic amines) is 1. The van der Waals surface area contributed by atoms with Crippen LogP contribution in [0.2, 0.25) is 0 Å². The molecule has 1 rings (SSSR count). The van der Waals surface area contributed by atoms with Gasteiger partial charge in [0.05, 0.1) is 0 Å². The lowest BCUT2D eigenvalue weighted by atomic mass is 10.2. The Labute approximate surface area is 109 Å². The van der Waals surface area contributed by atoms with Crippen molar-refractivity contribution in [1.29, 1.82) is 0 Å². The molecule has 1 atom stereocenters. The minimum Gasteiger partial charge on any atom is -0.480 e. The fraction of sp³-hybridized carbons (Fsp3) is 0.818. The summed E-state index contributed by atoms with van der Waals surface area (Å²) in [7, 11) is 0. The maximum atomic E-state index is 12.4. The Balaban J connectivity index is 2.78. The smallest absolute Gasteiger partial charge is 0.406 e. The number of urea groups is 1. The molecule has 2 amide bonds. The summed E-state index contributed by atoms with van der Waals surface area (Å²) < 4.78 is 37.1. The zero-order valence-corrected chi connectivity index (χ0v) is 10.6. The molecule has 0 saturated carbocycles. The molecule has 1 saturated heterocycles. The van der Waals surface area contributed by atoms with E-state index < -0.39 is 31.3 Å². The topological polar surface area (TPSA) is 60.9 Å². The monoisotopic (exact) mass is 282 g/mol. The van der Waals surface area contributed by atoms with E-state index in [4.69, 9.17) is 5.11 Å². The minimum atomic E-state index is -4.60. The third-order valence-electron chi connectivity index (χ3n) is 3.06. The van der Waals surface area contributed by atoms with Gasteiger partial charge >= 0.3 is 18.2 Å². The second kappa shape index (κ2) is 6.12. The molecule has 0 radical (unpaired) electrons. The standard InChI is InChI=1S/C11H17F3N2O3/c1-2-8-4-3-5-16(8)10(19)15(6-9(17)18)7-11(12,13)14/h8H,2-7H2,1H3,(H,17,18). The van der Waals surface area contributed by atoms with Gasteiger partial charge < -0.3 is 14.9 Å². The van der Waals surface area contributed by atoms with E-state index in [0.29, 0.717) is 17.9 Å². The molecular weight excluding hydrogens is 265 g/mol. The highest BCUT2D eigenvalue weighted by Crippen LogP contribution is 2.23. The first-order valence-electron chi connectivity index (χ1n) is 6.08. The van der Waals surface area contributed by atoms with Crippen LogP contribution in [0.15, 0.2) is 0 Å². The Morgan fingerprint density at radius 2 is 2.05 bits per heavy atom. The van der Waals surface area contributed by atoms with Gasteiger partial charge in [0.1, 0.15) is 13.1 Å². The number of carboxylic acids is 1. The molecule has 0 aliphatic carbocycles. The number of halogens is 3. The Hall–Kier alpha value is -1.47. The van der Waals surface area contributed by atoms with E-state index in [1.807, 2.05) is 6.92 Å². The van der Waals surface area contributed by atoms with Gasteiger partial charge in [-0.25, -0.2) is 4.79 Å². The van der Waals surface area contributed by atoms with Crippen LogP contribution in [0.1, 0.15) is 26.2 Å². The molecule has 1 unspecified atom stereocenters. The van der Waals surface area contributed by atoms with Crippen LogP contribution in [0.25, 0.3) is 0 Å². The number of carbonyl (C=O) groups excluding carboxylic acids is 1. The maximum Gasteiger partial charge on any atom is 0.406 e. The highest BCUT2D eigenvalue weighted by Gasteiger charge is 2.38. The van der Waals surface area contributed by atoms with Gasteiger partial charge in [-0.1, -0.05) is 6.92 Å². The predicted molar refractivity (Wildman–Crippen MR) is 60.7 cm³/mol. The number of hydrogen-bond acceptors (Lipinski definition) is 2. The van der Waals surface area contributed by atoms with E-state index in [1.165, 1.54) is 4.90 Å². The average molecular weight is 282 g/mol. The van der Waals surface area contributed by atoms with Crippen LogP contribution in [-0.4, -0.2) is 58.8 Å². The molecule has 8 heteroatoms. The number of amides is 2. The Bertz CT molecular complexity index is 347. The van der Waals surface area contributed by atoms with E-state index in [2.05, 4.69) is 0 Å². The quantitative estimate of drug-likeness (QED) is 0.857. The van der Waals surface area contributed by atoms with Crippen LogP contribution >= 0.6 is 0 Å². The van der Waals surface area contributed by atoms with Crippen LogP contribution in [0.3, 0.4) is 0 Å². The summed E-state index contributed by atoms with van der Waals surface area (Å²) >= 11 is 0. The second-order valence-corrected chi connectivity index (χ2v) is 4.55. The number of rotatable bonds is 4. The molecule has 1 aliphatic heterocycles. The van der Waals surface area contributed by atoms with Gasteiger partial charge in [0.15, 0.2) is 0 Å². The first-order chi connectivity index (χ1) is 8.74. The van der Waals surface area contributed by atoms with Crippen molar-refractivity contribution >= 4 is 12.0 Å². The summed E-state index contributed by atoms with van der Waals surface area (Å²) in [6.45, 7) is -0.247. The maximum absolute atomic E-state index is 12.4. The second-order valence-electron chi connectivity index (χ2n) is 4.55. The van der Waals surface area contributed by atoms with Crippen LogP contribution < -0.4 is 0 Å². The summed E-state index contributed by atoms with van der Waals surface area (Å²) in [5, 5.41) is 8.62. The normalized spacial score (nSPS) is 19.6. The lowest BCUT2D eigenvalue weighted by molar-refractivity contribution is -0.149. The molecular formula is C11H17F3N2O3. The van der Waals surface area contributed by atoms with Gasteiger partial charge in [0.2, 0.25) is 0 Å². The lowest BCUT2D eigenvalue weighted by Crippen LogP contribution is -2.50. The third-order valence-corrected chi connectivity index (χ3v) is 3.06. The Kier molecular flexibility index (Phi) is 5.02. The molecule has 1 N–H and O–H groups in total. The number of carboxylic acid groups (broad SMARTS) is 1. The van der Waals surface area contributed by atoms with Gasteiger partial charge in [0.25, 0.3) is 0 Å². The highest BCUT2D eigenvalue weighted by atomic mass is 19.4. The fourth-order valence-electron chi connectivity index (χ4n) is 2.26. The number of alkyl halides is 3. The summed E-state index contributed by atoms with van der Waals surface area (Å²) in [6, 6.07) is -0.943. The minimum absolute atomic E-state index is 0.1000. The van der Waals surface area contributed by atoms with Crippen LogP contribution in [-0.2, 0) is 4.79 Å². The number of hydrogen-bond donors (Lipinski definition) is 1. The first-order valence-corrected chi connectivity index (χ1v) is 6.08. The summed E-state index contributed by atoms with van der Waals surface area (Å²) in [6.07, 6.45) is -2.47. The number of aliphatic carboxylic acids is 1. The Morgan fingerprint density at radius 3 is 2.53 bits per heavy atom. The molecule has 0 aromatic heterocycles. The lowest BCUT2D eigenvalue weighted by Gasteiger charge is -2.31. The average Bonchev–Trinajstić information content (AvgIpc) is 2.72. The van der Waals surface area contributed by atoms with Crippen molar-refractivity contribution in [3.63, 3.8) is 0 Å². The van der Waals surface area contributed by atoms with Crippen molar-refractivity contribution < 1.29 is 27.9 Å². The van der Waals surface area contributed by atoms with Crippen molar-refractivity contribution in [2.75, 3.05) is 19.6 Å². The van der Waals surface area contributed by atoms with Gasteiger partial charge in [0, 0.05) is 12.6 Å². The van der Waals surface area contributed by atoms with Gasteiger partial charge in [-0.15, -0.1) is 0 Å². The SMILES string of the molecule is CCC1CCCN1C(=O)N(CC(=O)O)CC(F)(F)F. The molecule has 1 heterocycles. The third kappa shape index (κ3) is 4.60. The van der Waals surface area contributed by atoms with E-state index in [1.54, 1.807) is 0 Å². The first kappa shape index (κ1) is 15.6. The predicted octanol–water partition coefficient (Wildman–Crippen LogP) is 1.93. The summed E-state index contributed by atoms with van der Waals surface area (Å²) in [5.74, 6) is -1.45. The molecule has 0 aromatic carbocycles. The van der Waals surface area contributed by atoms with Gasteiger partial charge in [-0.3, -0.25) is 4.79 Å². The molecule has 0 aromatic rings. The molecule has 1 fully saturated rings. The van der Waals surface area contributed by atoms with E-state index in [-0.39, 0.29) is 6.04 Å². The van der Waals surface area contributed by atoms with Crippen molar-refractivity contribution in [3.05, 3.63) is 0 Å². The van der Waals surface area contributed by atoms with E-state index >= 15 is 0 Å². The van der Waals surface area contributed by atoms with Crippen molar-refractivity contribution in [2.24, 2.45) is 0 Å². The molecule has 0 bridgehead atoms.